The van der Waals surface area contributed by atoms with E-state index in [1.165, 1.54) is 6.92 Å². The Morgan fingerprint density at radius 1 is 1.19 bits per heavy atom. The van der Waals surface area contributed by atoms with Crippen LogP contribution in [-0.2, 0) is 16.0 Å². The fourth-order valence-electron chi connectivity index (χ4n) is 3.35. The second-order valence-electron chi connectivity index (χ2n) is 6.51. The molecule has 0 aromatic heterocycles. The van der Waals surface area contributed by atoms with E-state index in [0.717, 1.165) is 21.2 Å². The summed E-state index contributed by atoms with van der Waals surface area (Å²) in [6.07, 6.45) is 0.652. The SMILES string of the molecule is CC(=O)C1=C(O)C(=O)N(CCc2cccc(C)c2)C1c1ccc(Br)cc1. The molecule has 1 aliphatic rings. The van der Waals surface area contributed by atoms with E-state index in [1.54, 1.807) is 4.90 Å². The van der Waals surface area contributed by atoms with Gasteiger partial charge in [-0.25, -0.2) is 0 Å². The lowest BCUT2D eigenvalue weighted by Crippen LogP contribution is -2.32. The van der Waals surface area contributed by atoms with Crippen molar-refractivity contribution in [2.24, 2.45) is 0 Å². The van der Waals surface area contributed by atoms with Gasteiger partial charge in [-0.2, -0.15) is 0 Å². The minimum atomic E-state index is -0.557. The summed E-state index contributed by atoms with van der Waals surface area (Å²) >= 11 is 3.40. The van der Waals surface area contributed by atoms with Crippen LogP contribution in [0.5, 0.6) is 0 Å². The summed E-state index contributed by atoms with van der Waals surface area (Å²) in [6, 6.07) is 15.0. The molecule has 5 heteroatoms. The molecule has 0 spiro atoms. The van der Waals surface area contributed by atoms with Crippen LogP contribution in [-0.4, -0.2) is 28.2 Å². The van der Waals surface area contributed by atoms with E-state index in [-0.39, 0.29) is 11.4 Å². The van der Waals surface area contributed by atoms with Crippen molar-refractivity contribution in [2.75, 3.05) is 6.54 Å². The van der Waals surface area contributed by atoms with Crippen LogP contribution < -0.4 is 0 Å². The number of ketones is 1. The van der Waals surface area contributed by atoms with Gasteiger partial charge >= 0.3 is 0 Å². The molecular weight excluding hydrogens is 394 g/mol. The predicted molar refractivity (Wildman–Crippen MR) is 104 cm³/mol. The van der Waals surface area contributed by atoms with Crippen LogP contribution in [0.15, 0.2) is 64.3 Å². The third-order valence-corrected chi connectivity index (χ3v) is 5.12. The molecule has 2 aromatic rings. The van der Waals surface area contributed by atoms with E-state index in [4.69, 9.17) is 0 Å². The van der Waals surface area contributed by atoms with E-state index in [1.807, 2.05) is 49.4 Å². The van der Waals surface area contributed by atoms with Crippen LogP contribution in [0.25, 0.3) is 0 Å². The third-order valence-electron chi connectivity index (χ3n) is 4.59. The van der Waals surface area contributed by atoms with E-state index in [2.05, 4.69) is 22.0 Å². The Bertz CT molecular complexity index is 886. The number of aryl methyl sites for hydroxylation is 1. The number of aliphatic hydroxyl groups excluding tert-OH is 1. The number of benzene rings is 2. The molecule has 1 N–H and O–H groups in total. The molecule has 0 fully saturated rings. The maximum Gasteiger partial charge on any atom is 0.290 e. The normalized spacial score (nSPS) is 17.1. The molecule has 0 radical (unpaired) electrons. The van der Waals surface area contributed by atoms with Gasteiger partial charge in [0.2, 0.25) is 0 Å². The van der Waals surface area contributed by atoms with Crippen molar-refractivity contribution in [3.8, 4) is 0 Å². The van der Waals surface area contributed by atoms with Gasteiger partial charge in [0.15, 0.2) is 11.5 Å². The van der Waals surface area contributed by atoms with Gasteiger partial charge in [-0.3, -0.25) is 9.59 Å². The number of Topliss-reactive ketones (excluding diaryl/α,β-unsaturated/α-hetero) is 1. The van der Waals surface area contributed by atoms with Gasteiger partial charge < -0.3 is 10.0 Å². The number of rotatable bonds is 5. The highest BCUT2D eigenvalue weighted by Crippen LogP contribution is 2.38. The first-order chi connectivity index (χ1) is 12.4. The molecule has 1 aliphatic heterocycles. The molecule has 3 rings (SSSR count). The average Bonchev–Trinajstić information content (AvgIpc) is 2.85. The van der Waals surface area contributed by atoms with E-state index in [0.29, 0.717) is 13.0 Å². The van der Waals surface area contributed by atoms with Crippen LogP contribution in [0.4, 0.5) is 0 Å². The minimum absolute atomic E-state index is 0.168. The number of hydrogen-bond donors (Lipinski definition) is 1. The minimum Gasteiger partial charge on any atom is -0.503 e. The lowest BCUT2D eigenvalue weighted by molar-refractivity contribution is -0.129. The molecule has 1 atom stereocenters. The summed E-state index contributed by atoms with van der Waals surface area (Å²) in [6.45, 7) is 3.83. The van der Waals surface area contributed by atoms with Crippen LogP contribution in [0.3, 0.4) is 0 Å². The number of halogens is 1. The Balaban J connectivity index is 1.92. The number of hydrogen-bond acceptors (Lipinski definition) is 3. The zero-order valence-electron chi connectivity index (χ0n) is 14.7. The first kappa shape index (κ1) is 18.4. The van der Waals surface area contributed by atoms with Gasteiger partial charge in [-0.15, -0.1) is 0 Å². The summed E-state index contributed by atoms with van der Waals surface area (Å²) in [5.74, 6) is -1.22. The van der Waals surface area contributed by atoms with Crippen molar-refractivity contribution >= 4 is 27.6 Å². The number of nitrogens with zero attached hydrogens (tertiary/aromatic N) is 1. The van der Waals surface area contributed by atoms with Crippen LogP contribution in [0.1, 0.15) is 29.7 Å². The molecule has 134 valence electrons. The molecule has 0 saturated heterocycles. The fourth-order valence-corrected chi connectivity index (χ4v) is 3.62. The van der Waals surface area contributed by atoms with Crippen molar-refractivity contribution < 1.29 is 14.7 Å². The summed E-state index contributed by atoms with van der Waals surface area (Å²) in [7, 11) is 0. The van der Waals surface area contributed by atoms with Crippen molar-refractivity contribution in [1.82, 2.24) is 4.90 Å². The Kier molecular flexibility index (Phi) is 5.28. The lowest BCUT2D eigenvalue weighted by atomic mass is 9.96. The average molecular weight is 414 g/mol. The highest BCUT2D eigenvalue weighted by atomic mass is 79.9. The van der Waals surface area contributed by atoms with Gasteiger partial charge in [-0.05, 0) is 43.5 Å². The Morgan fingerprint density at radius 2 is 1.88 bits per heavy atom. The maximum absolute atomic E-state index is 12.6. The lowest BCUT2D eigenvalue weighted by Gasteiger charge is -2.26. The predicted octanol–water partition coefficient (Wildman–Crippen LogP) is 4.28. The second-order valence-corrected chi connectivity index (χ2v) is 7.43. The molecular formula is C21H20BrNO3. The third kappa shape index (κ3) is 3.58. The van der Waals surface area contributed by atoms with Gasteiger partial charge in [0.25, 0.3) is 5.91 Å². The smallest absolute Gasteiger partial charge is 0.290 e. The maximum atomic E-state index is 12.6. The molecule has 4 nitrogen and oxygen atoms in total. The summed E-state index contributed by atoms with van der Waals surface area (Å²) < 4.78 is 0.912. The summed E-state index contributed by atoms with van der Waals surface area (Å²) in [5.41, 5.74) is 3.25. The van der Waals surface area contributed by atoms with E-state index < -0.39 is 17.7 Å². The Hall–Kier alpha value is -2.40. The summed E-state index contributed by atoms with van der Waals surface area (Å²) in [4.78, 5) is 26.3. The highest BCUT2D eigenvalue weighted by molar-refractivity contribution is 9.10. The fraction of sp³-hybridized carbons (Fsp3) is 0.238. The zero-order valence-corrected chi connectivity index (χ0v) is 16.3. The molecule has 0 saturated carbocycles. The number of aliphatic hydroxyl groups is 1. The van der Waals surface area contributed by atoms with Crippen LogP contribution in [0, 0.1) is 6.92 Å². The topological polar surface area (TPSA) is 57.6 Å². The van der Waals surface area contributed by atoms with Gasteiger partial charge in [-0.1, -0.05) is 57.9 Å². The highest BCUT2D eigenvalue weighted by Gasteiger charge is 2.41. The Morgan fingerprint density at radius 3 is 2.50 bits per heavy atom. The van der Waals surface area contributed by atoms with Crippen molar-refractivity contribution in [3.63, 3.8) is 0 Å². The van der Waals surface area contributed by atoms with Crippen LogP contribution in [0.2, 0.25) is 0 Å². The molecule has 0 bridgehead atoms. The molecule has 1 heterocycles. The number of carbonyl (C=O) groups is 2. The molecule has 0 aliphatic carbocycles. The standard InChI is InChI=1S/C21H20BrNO3/c1-13-4-3-5-15(12-13)10-11-23-19(16-6-8-17(22)9-7-16)18(14(2)24)20(25)21(23)26/h3-9,12,19,25H,10-11H2,1-2H3. The summed E-state index contributed by atoms with van der Waals surface area (Å²) in [5, 5.41) is 10.3. The largest absolute Gasteiger partial charge is 0.503 e. The monoisotopic (exact) mass is 413 g/mol. The van der Waals surface area contributed by atoms with Crippen molar-refractivity contribution in [2.45, 2.75) is 26.3 Å². The Labute approximate surface area is 161 Å². The second kappa shape index (κ2) is 7.46. The van der Waals surface area contributed by atoms with Crippen LogP contribution >= 0.6 is 15.9 Å². The number of amides is 1. The number of carbonyl (C=O) groups excluding carboxylic acids is 2. The van der Waals surface area contributed by atoms with E-state index in [9.17, 15) is 14.7 Å². The molecule has 2 aromatic carbocycles. The van der Waals surface area contributed by atoms with E-state index >= 15 is 0 Å². The quantitative estimate of drug-likeness (QED) is 0.795. The van der Waals surface area contributed by atoms with Crippen molar-refractivity contribution in [3.05, 3.63) is 81.0 Å². The molecule has 26 heavy (non-hydrogen) atoms. The first-order valence-corrected chi connectivity index (χ1v) is 9.24. The van der Waals surface area contributed by atoms with Gasteiger partial charge in [0.05, 0.1) is 11.6 Å². The zero-order chi connectivity index (χ0) is 18.8. The first-order valence-electron chi connectivity index (χ1n) is 8.44. The van der Waals surface area contributed by atoms with Gasteiger partial charge in [0.1, 0.15) is 0 Å². The van der Waals surface area contributed by atoms with Crippen molar-refractivity contribution in [1.29, 1.82) is 0 Å². The molecule has 1 amide bonds. The van der Waals surface area contributed by atoms with Gasteiger partial charge in [0, 0.05) is 11.0 Å². The molecule has 1 unspecified atom stereocenters.